The van der Waals surface area contributed by atoms with Crippen LogP contribution in [0.1, 0.15) is 11.1 Å². The topological polar surface area (TPSA) is 71.4 Å². The summed E-state index contributed by atoms with van der Waals surface area (Å²) >= 11 is 0. The van der Waals surface area contributed by atoms with E-state index >= 15 is 0 Å². The zero-order valence-corrected chi connectivity index (χ0v) is 9.86. The third kappa shape index (κ3) is 1.89. The van der Waals surface area contributed by atoms with Crippen LogP contribution >= 0.6 is 0 Å². The van der Waals surface area contributed by atoms with Gasteiger partial charge in [-0.3, -0.25) is 0 Å². The molecule has 0 atom stereocenters. The fourth-order valence-corrected chi connectivity index (χ4v) is 3.08. The summed E-state index contributed by atoms with van der Waals surface area (Å²) in [5, 5.41) is 8.79. The van der Waals surface area contributed by atoms with Crippen molar-refractivity contribution in [3.05, 3.63) is 52.4 Å². The molecule has 5 heteroatoms. The molecule has 0 aliphatic carbocycles. The fourth-order valence-electron chi connectivity index (χ4n) is 1.68. The molecule has 0 aromatic heterocycles. The lowest BCUT2D eigenvalue weighted by atomic mass is 10.1. The maximum Gasteiger partial charge on any atom is 0.347 e. The molecule has 1 aliphatic heterocycles. The number of carbonyl (C=O) groups is 1. The Morgan fingerprint density at radius 3 is 2.47 bits per heavy atom. The summed E-state index contributed by atoms with van der Waals surface area (Å²) in [4.78, 5) is 10.2. The predicted octanol–water partition coefficient (Wildman–Crippen LogP) is 1.73. The number of sulfone groups is 1. The van der Waals surface area contributed by atoms with E-state index in [4.69, 9.17) is 5.11 Å². The molecule has 1 aromatic carbocycles. The van der Waals surface area contributed by atoms with Crippen LogP contribution in [0.5, 0.6) is 0 Å². The average molecular weight is 250 g/mol. The quantitative estimate of drug-likeness (QED) is 0.867. The summed E-state index contributed by atoms with van der Waals surface area (Å²) in [5.41, 5.74) is 1.43. The molecule has 2 rings (SSSR count). The van der Waals surface area contributed by atoms with E-state index in [2.05, 4.69) is 0 Å². The molecule has 0 fully saturated rings. The predicted molar refractivity (Wildman–Crippen MR) is 63.8 cm³/mol. The van der Waals surface area contributed by atoms with Gasteiger partial charge in [-0.2, -0.15) is 0 Å². The number of aliphatic carboxylic acids is 1. The van der Waals surface area contributed by atoms with E-state index < -0.39 is 20.7 Å². The van der Waals surface area contributed by atoms with Crippen LogP contribution in [-0.2, 0) is 14.6 Å². The van der Waals surface area contributed by atoms with Crippen LogP contribution in [0.25, 0.3) is 4.91 Å². The average Bonchev–Trinajstić information content (AvgIpc) is 2.53. The lowest BCUT2D eigenvalue weighted by Gasteiger charge is -2.05. The molecule has 0 saturated heterocycles. The highest BCUT2D eigenvalue weighted by Gasteiger charge is 2.33. The summed E-state index contributed by atoms with van der Waals surface area (Å²) in [6.07, 6.45) is 2.45. The van der Waals surface area contributed by atoms with Gasteiger partial charge in [0.2, 0.25) is 9.84 Å². The Labute approximate surface area is 98.8 Å². The van der Waals surface area contributed by atoms with E-state index in [1.54, 1.807) is 18.2 Å². The van der Waals surface area contributed by atoms with E-state index in [-0.39, 0.29) is 4.91 Å². The SMILES string of the molecule is Cc1cccc(C2=CC=C(C(=O)O)S2(=O)=O)c1. The van der Waals surface area contributed by atoms with Crippen molar-refractivity contribution in [1.82, 2.24) is 0 Å². The molecule has 1 heterocycles. The fraction of sp³-hybridized carbons (Fsp3) is 0.0833. The van der Waals surface area contributed by atoms with Gasteiger partial charge in [0.25, 0.3) is 0 Å². The largest absolute Gasteiger partial charge is 0.477 e. The highest BCUT2D eigenvalue weighted by molar-refractivity contribution is 8.05. The summed E-state index contributed by atoms with van der Waals surface area (Å²) in [5.74, 6) is -1.43. The minimum atomic E-state index is -3.87. The highest BCUT2D eigenvalue weighted by atomic mass is 32.2. The van der Waals surface area contributed by atoms with E-state index in [0.717, 1.165) is 11.6 Å². The van der Waals surface area contributed by atoms with Crippen molar-refractivity contribution in [3.8, 4) is 0 Å². The van der Waals surface area contributed by atoms with Crippen molar-refractivity contribution in [3.63, 3.8) is 0 Å². The second-order valence-electron chi connectivity index (χ2n) is 3.74. The van der Waals surface area contributed by atoms with Crippen molar-refractivity contribution < 1.29 is 18.3 Å². The van der Waals surface area contributed by atoms with Crippen molar-refractivity contribution in [1.29, 1.82) is 0 Å². The van der Waals surface area contributed by atoms with Crippen LogP contribution < -0.4 is 0 Å². The zero-order valence-electron chi connectivity index (χ0n) is 9.04. The Bertz CT molecular complexity index is 651. The molecular formula is C12H10O4S. The number of benzene rings is 1. The Morgan fingerprint density at radius 1 is 1.24 bits per heavy atom. The number of allylic oxidation sites excluding steroid dienone is 2. The summed E-state index contributed by atoms with van der Waals surface area (Å²) in [6, 6.07) is 6.94. The maximum absolute atomic E-state index is 11.9. The van der Waals surface area contributed by atoms with E-state index in [9.17, 15) is 13.2 Å². The summed E-state index contributed by atoms with van der Waals surface area (Å²) < 4.78 is 23.9. The molecule has 1 aliphatic rings. The van der Waals surface area contributed by atoms with Gasteiger partial charge in [0.1, 0.15) is 0 Å². The van der Waals surface area contributed by atoms with Gasteiger partial charge in [-0.1, -0.05) is 29.8 Å². The zero-order chi connectivity index (χ0) is 12.6. The monoisotopic (exact) mass is 250 g/mol. The molecule has 0 spiro atoms. The van der Waals surface area contributed by atoms with E-state index in [1.807, 2.05) is 13.0 Å². The minimum absolute atomic E-state index is 0.0404. The number of carboxylic acids is 1. The first kappa shape index (κ1) is 11.6. The molecule has 0 unspecified atom stereocenters. The van der Waals surface area contributed by atoms with Gasteiger partial charge in [0.05, 0.1) is 4.91 Å². The second-order valence-corrected chi connectivity index (χ2v) is 5.63. The van der Waals surface area contributed by atoms with Crippen molar-refractivity contribution in [2.75, 3.05) is 0 Å². The molecule has 88 valence electrons. The van der Waals surface area contributed by atoms with Gasteiger partial charge >= 0.3 is 5.97 Å². The normalized spacial score (nSPS) is 17.5. The molecule has 1 N–H and O–H groups in total. The van der Waals surface area contributed by atoms with Gasteiger partial charge < -0.3 is 5.11 Å². The third-order valence-corrected chi connectivity index (χ3v) is 4.32. The number of rotatable bonds is 2. The number of aryl methyl sites for hydroxylation is 1. The molecule has 0 bridgehead atoms. The summed E-state index contributed by atoms with van der Waals surface area (Å²) in [7, 11) is -3.87. The van der Waals surface area contributed by atoms with Crippen LogP contribution in [0, 0.1) is 6.92 Å². The molecule has 4 nitrogen and oxygen atoms in total. The van der Waals surface area contributed by atoms with Crippen molar-refractivity contribution in [2.45, 2.75) is 6.92 Å². The van der Waals surface area contributed by atoms with Crippen LogP contribution in [0.4, 0.5) is 0 Å². The maximum atomic E-state index is 11.9. The first-order chi connectivity index (χ1) is 7.93. The molecule has 0 saturated carbocycles. The van der Waals surface area contributed by atoms with Crippen LogP contribution in [0.3, 0.4) is 0 Å². The van der Waals surface area contributed by atoms with Crippen LogP contribution in [0.2, 0.25) is 0 Å². The van der Waals surface area contributed by atoms with Crippen molar-refractivity contribution >= 4 is 20.7 Å². The first-order valence-electron chi connectivity index (χ1n) is 4.90. The Morgan fingerprint density at radius 2 is 1.94 bits per heavy atom. The number of carboxylic acid groups (broad SMARTS) is 1. The van der Waals surface area contributed by atoms with Gasteiger partial charge in [0, 0.05) is 0 Å². The second kappa shape index (κ2) is 3.85. The molecule has 0 radical (unpaired) electrons. The first-order valence-corrected chi connectivity index (χ1v) is 6.38. The lowest BCUT2D eigenvalue weighted by Crippen LogP contribution is -2.10. The highest BCUT2D eigenvalue weighted by Crippen LogP contribution is 2.32. The van der Waals surface area contributed by atoms with E-state index in [0.29, 0.717) is 5.56 Å². The van der Waals surface area contributed by atoms with Gasteiger partial charge in [-0.05, 0) is 24.6 Å². The summed E-state index contributed by atoms with van der Waals surface area (Å²) in [6.45, 7) is 1.84. The smallest absolute Gasteiger partial charge is 0.347 e. The van der Waals surface area contributed by atoms with Crippen LogP contribution in [0.15, 0.2) is 41.3 Å². The molecular weight excluding hydrogens is 240 g/mol. The minimum Gasteiger partial charge on any atom is -0.477 e. The molecule has 1 aromatic rings. The lowest BCUT2D eigenvalue weighted by molar-refractivity contribution is -0.131. The molecule has 0 amide bonds. The molecule has 17 heavy (non-hydrogen) atoms. The van der Waals surface area contributed by atoms with E-state index in [1.165, 1.54) is 6.08 Å². The van der Waals surface area contributed by atoms with Crippen LogP contribution in [-0.4, -0.2) is 19.5 Å². The van der Waals surface area contributed by atoms with Gasteiger partial charge in [-0.15, -0.1) is 0 Å². The Balaban J connectivity index is 2.50. The van der Waals surface area contributed by atoms with Gasteiger partial charge in [-0.25, -0.2) is 13.2 Å². The van der Waals surface area contributed by atoms with Gasteiger partial charge in [0.15, 0.2) is 4.91 Å². The number of hydrogen-bond acceptors (Lipinski definition) is 3. The number of hydrogen-bond donors (Lipinski definition) is 1. The standard InChI is InChI=1S/C12H10O4S/c1-8-3-2-4-9(7-8)10-5-6-11(12(13)14)17(10,15)16/h2-7H,1H3,(H,13,14). The van der Waals surface area contributed by atoms with Crippen molar-refractivity contribution in [2.24, 2.45) is 0 Å². The third-order valence-electron chi connectivity index (χ3n) is 2.48. The Kier molecular flexibility index (Phi) is 2.63. The Hall–Kier alpha value is -1.88.